The topological polar surface area (TPSA) is 24.1 Å². The van der Waals surface area contributed by atoms with Gasteiger partial charge in [0.25, 0.3) is 0 Å². The summed E-state index contributed by atoms with van der Waals surface area (Å²) in [6, 6.07) is 29.6. The van der Waals surface area contributed by atoms with E-state index in [1.54, 1.807) is 0 Å². The molecule has 3 heteroatoms. The Morgan fingerprint density at radius 2 is 1.24 bits per heavy atom. The third-order valence-electron chi connectivity index (χ3n) is 5.44. The van der Waals surface area contributed by atoms with Crippen LogP contribution in [0.25, 0.3) is 5.57 Å². The number of anilines is 1. The fourth-order valence-electron chi connectivity index (χ4n) is 3.96. The van der Waals surface area contributed by atoms with Gasteiger partial charge >= 0.3 is 0 Å². The number of nitrogens with one attached hydrogen (secondary N) is 2. The highest BCUT2D eigenvalue weighted by Crippen LogP contribution is 2.29. The predicted octanol–water partition coefficient (Wildman–Crippen LogP) is 7.09. The molecule has 0 unspecified atom stereocenters. The minimum absolute atomic E-state index is 0.487. The largest absolute Gasteiger partial charge is 0.368 e. The molecule has 3 aromatic carbocycles. The van der Waals surface area contributed by atoms with Gasteiger partial charge < -0.3 is 10.6 Å². The van der Waals surface area contributed by atoms with Crippen LogP contribution in [0.15, 0.2) is 90.8 Å². The van der Waals surface area contributed by atoms with Gasteiger partial charge in [-0.15, -0.1) is 0 Å². The van der Waals surface area contributed by atoms with Crippen LogP contribution < -0.4 is 10.6 Å². The second-order valence-corrected chi connectivity index (χ2v) is 8.03. The van der Waals surface area contributed by atoms with Gasteiger partial charge in [-0.1, -0.05) is 91.5 Å². The van der Waals surface area contributed by atoms with Gasteiger partial charge in [0, 0.05) is 22.3 Å². The maximum atomic E-state index is 6.10. The van der Waals surface area contributed by atoms with E-state index in [1.165, 1.54) is 48.8 Å². The summed E-state index contributed by atoms with van der Waals surface area (Å²) in [7, 11) is 0. The standard InChI is InChI=1S/C26H27ClN2/c27-22-16-18-24(19-17-22)29-26(28-23-14-8-3-9-15-23)25(20-10-4-1-5-11-20)21-12-6-2-7-13-21/h1-2,4-7,10-13,16-19,23,28-29H,3,8-9,14-15H2. The number of rotatable bonds is 6. The smallest absolute Gasteiger partial charge is 0.112 e. The van der Waals surface area contributed by atoms with Crippen molar-refractivity contribution in [3.63, 3.8) is 0 Å². The first-order valence-electron chi connectivity index (χ1n) is 10.4. The lowest BCUT2D eigenvalue weighted by molar-refractivity contribution is 0.398. The molecule has 29 heavy (non-hydrogen) atoms. The van der Waals surface area contributed by atoms with Crippen LogP contribution >= 0.6 is 11.6 Å². The highest BCUT2D eigenvalue weighted by molar-refractivity contribution is 6.30. The Bertz CT molecular complexity index is 886. The first-order chi connectivity index (χ1) is 14.3. The van der Waals surface area contributed by atoms with E-state index in [0.717, 1.165) is 16.5 Å². The highest BCUT2D eigenvalue weighted by Gasteiger charge is 2.18. The summed E-state index contributed by atoms with van der Waals surface area (Å²) in [6.45, 7) is 0. The molecule has 2 nitrogen and oxygen atoms in total. The average Bonchev–Trinajstić information content (AvgIpc) is 2.78. The lowest BCUT2D eigenvalue weighted by atomic mass is 9.94. The zero-order valence-electron chi connectivity index (χ0n) is 16.6. The third-order valence-corrected chi connectivity index (χ3v) is 5.69. The Morgan fingerprint density at radius 3 is 1.79 bits per heavy atom. The van der Waals surface area contributed by atoms with Crippen LogP contribution in [0, 0.1) is 0 Å². The van der Waals surface area contributed by atoms with Crippen LogP contribution in [0.1, 0.15) is 43.2 Å². The Hall–Kier alpha value is -2.71. The van der Waals surface area contributed by atoms with Crippen molar-refractivity contribution in [1.29, 1.82) is 0 Å². The normalized spacial score (nSPS) is 14.2. The van der Waals surface area contributed by atoms with Crippen molar-refractivity contribution in [3.05, 3.63) is 107 Å². The van der Waals surface area contributed by atoms with Crippen LogP contribution in [-0.2, 0) is 0 Å². The fourth-order valence-corrected chi connectivity index (χ4v) is 4.09. The molecule has 0 amide bonds. The van der Waals surface area contributed by atoms with Crippen molar-refractivity contribution in [1.82, 2.24) is 5.32 Å². The van der Waals surface area contributed by atoms with Crippen molar-refractivity contribution in [2.45, 2.75) is 38.1 Å². The van der Waals surface area contributed by atoms with E-state index in [9.17, 15) is 0 Å². The number of benzene rings is 3. The lowest BCUT2D eigenvalue weighted by Crippen LogP contribution is -2.34. The van der Waals surface area contributed by atoms with Gasteiger partial charge in [0.05, 0.1) is 0 Å². The van der Waals surface area contributed by atoms with Crippen LogP contribution in [-0.4, -0.2) is 6.04 Å². The van der Waals surface area contributed by atoms with Gasteiger partial charge in [-0.25, -0.2) is 0 Å². The molecule has 1 aliphatic rings. The van der Waals surface area contributed by atoms with Crippen molar-refractivity contribution in [3.8, 4) is 0 Å². The first-order valence-corrected chi connectivity index (χ1v) is 10.8. The molecule has 2 N–H and O–H groups in total. The minimum atomic E-state index is 0.487. The number of hydrogen-bond donors (Lipinski definition) is 2. The Kier molecular flexibility index (Phi) is 6.53. The van der Waals surface area contributed by atoms with Crippen LogP contribution in [0.2, 0.25) is 5.02 Å². The molecule has 3 aromatic rings. The second-order valence-electron chi connectivity index (χ2n) is 7.59. The van der Waals surface area contributed by atoms with E-state index < -0.39 is 0 Å². The highest BCUT2D eigenvalue weighted by atomic mass is 35.5. The van der Waals surface area contributed by atoms with Crippen molar-refractivity contribution in [2.75, 3.05) is 5.32 Å². The van der Waals surface area contributed by atoms with Gasteiger partial charge in [0.2, 0.25) is 0 Å². The molecule has 0 aliphatic heterocycles. The molecule has 1 fully saturated rings. The molecule has 0 saturated heterocycles. The average molecular weight is 403 g/mol. The maximum absolute atomic E-state index is 6.10. The molecule has 1 saturated carbocycles. The maximum Gasteiger partial charge on any atom is 0.112 e. The van der Waals surface area contributed by atoms with E-state index >= 15 is 0 Å². The SMILES string of the molecule is Clc1ccc(NC(NC2CCCCC2)=C(c2ccccc2)c2ccccc2)cc1. The molecule has 0 aromatic heterocycles. The third kappa shape index (κ3) is 5.21. The van der Waals surface area contributed by atoms with Crippen molar-refractivity contribution >= 4 is 22.9 Å². The molecule has 4 rings (SSSR count). The van der Waals surface area contributed by atoms with Crippen molar-refractivity contribution < 1.29 is 0 Å². The molecule has 0 radical (unpaired) electrons. The fraction of sp³-hybridized carbons (Fsp3) is 0.231. The summed E-state index contributed by atoms with van der Waals surface area (Å²) >= 11 is 6.10. The summed E-state index contributed by atoms with van der Waals surface area (Å²) in [6.07, 6.45) is 6.34. The zero-order chi connectivity index (χ0) is 19.9. The molecule has 0 spiro atoms. The molecular formula is C26H27ClN2. The van der Waals surface area contributed by atoms with Crippen molar-refractivity contribution in [2.24, 2.45) is 0 Å². The van der Waals surface area contributed by atoms with Gasteiger partial charge in [0.1, 0.15) is 5.82 Å². The van der Waals surface area contributed by atoms with Crippen LogP contribution in [0.5, 0.6) is 0 Å². The summed E-state index contributed by atoms with van der Waals surface area (Å²) in [5, 5.41) is 8.26. The first kappa shape index (κ1) is 19.6. The Labute approximate surface area is 178 Å². The monoisotopic (exact) mass is 402 g/mol. The molecular weight excluding hydrogens is 376 g/mol. The summed E-state index contributed by atoms with van der Waals surface area (Å²) in [5.41, 5.74) is 4.60. The second kappa shape index (κ2) is 9.67. The zero-order valence-corrected chi connectivity index (χ0v) is 17.3. The minimum Gasteiger partial charge on any atom is -0.368 e. The van der Waals surface area contributed by atoms with E-state index in [1.807, 2.05) is 24.3 Å². The van der Waals surface area contributed by atoms with Gasteiger partial charge in [-0.3, -0.25) is 0 Å². The Balaban J connectivity index is 1.80. The molecule has 0 heterocycles. The number of halogens is 1. The quantitative estimate of drug-likeness (QED) is 0.459. The number of hydrogen-bond acceptors (Lipinski definition) is 2. The molecule has 0 atom stereocenters. The molecule has 1 aliphatic carbocycles. The Morgan fingerprint density at radius 1 is 0.690 bits per heavy atom. The van der Waals surface area contributed by atoms with Gasteiger partial charge in [0.15, 0.2) is 0 Å². The molecule has 0 bridgehead atoms. The van der Waals surface area contributed by atoms with Gasteiger partial charge in [-0.2, -0.15) is 0 Å². The summed E-state index contributed by atoms with van der Waals surface area (Å²) in [5.74, 6) is 1.05. The predicted molar refractivity (Wildman–Crippen MR) is 124 cm³/mol. The summed E-state index contributed by atoms with van der Waals surface area (Å²) < 4.78 is 0. The van der Waals surface area contributed by atoms with E-state index in [4.69, 9.17) is 11.6 Å². The van der Waals surface area contributed by atoms with Gasteiger partial charge in [-0.05, 0) is 48.2 Å². The lowest BCUT2D eigenvalue weighted by Gasteiger charge is -2.28. The summed E-state index contributed by atoms with van der Waals surface area (Å²) in [4.78, 5) is 0. The van der Waals surface area contributed by atoms with Crippen LogP contribution in [0.3, 0.4) is 0 Å². The van der Waals surface area contributed by atoms with E-state index in [-0.39, 0.29) is 0 Å². The van der Waals surface area contributed by atoms with E-state index in [0.29, 0.717) is 6.04 Å². The van der Waals surface area contributed by atoms with Crippen LogP contribution in [0.4, 0.5) is 5.69 Å². The van der Waals surface area contributed by atoms with E-state index in [2.05, 4.69) is 71.3 Å². The molecule has 148 valence electrons.